The minimum atomic E-state index is -2.48. The summed E-state index contributed by atoms with van der Waals surface area (Å²) in [6.07, 6.45) is 1.44. The van der Waals surface area contributed by atoms with Crippen LogP contribution in [0.2, 0.25) is 0 Å². The van der Waals surface area contributed by atoms with Crippen molar-refractivity contribution < 1.29 is 8.78 Å². The molecule has 10 heavy (non-hydrogen) atoms. The molecule has 0 fully saturated rings. The summed E-state index contributed by atoms with van der Waals surface area (Å²) in [6.45, 7) is 1.79. The van der Waals surface area contributed by atoms with Crippen LogP contribution in [0.4, 0.5) is 8.78 Å². The van der Waals surface area contributed by atoms with Crippen molar-refractivity contribution in [3.05, 3.63) is 0 Å². The average molecular weight is 151 g/mol. The molecule has 0 saturated heterocycles. The first-order valence-electron chi connectivity index (χ1n) is 3.59. The summed E-state index contributed by atoms with van der Waals surface area (Å²) >= 11 is 0. The Morgan fingerprint density at radius 3 is 2.30 bits per heavy atom. The maximum Gasteiger partial charge on any atom is 0.245 e. The van der Waals surface area contributed by atoms with Gasteiger partial charge in [-0.1, -0.05) is 0 Å². The van der Waals surface area contributed by atoms with Gasteiger partial charge in [-0.3, -0.25) is 0 Å². The number of alkyl halides is 2. The predicted molar refractivity (Wildman–Crippen MR) is 38.4 cm³/mol. The summed E-state index contributed by atoms with van der Waals surface area (Å²) in [6, 6.07) is 0. The maximum atomic E-state index is 12.1. The lowest BCUT2D eigenvalue weighted by Crippen LogP contribution is -2.12. The van der Waals surface area contributed by atoms with E-state index in [1.54, 1.807) is 0 Å². The van der Waals surface area contributed by atoms with E-state index in [1.807, 2.05) is 7.05 Å². The molecule has 0 unspecified atom stereocenters. The van der Waals surface area contributed by atoms with E-state index in [1.165, 1.54) is 0 Å². The van der Waals surface area contributed by atoms with Crippen LogP contribution in [0.15, 0.2) is 0 Å². The Bertz CT molecular complexity index is 78.2. The van der Waals surface area contributed by atoms with Crippen LogP contribution in [-0.4, -0.2) is 19.5 Å². The lowest BCUT2D eigenvalue weighted by Gasteiger charge is -2.08. The lowest BCUT2D eigenvalue weighted by molar-refractivity contribution is 0.0106. The molecule has 0 saturated carbocycles. The molecule has 0 aliphatic rings. The highest BCUT2D eigenvalue weighted by Crippen LogP contribution is 2.19. The molecule has 0 amide bonds. The quantitative estimate of drug-likeness (QED) is 0.593. The first-order valence-corrected chi connectivity index (χ1v) is 3.59. The van der Waals surface area contributed by atoms with Gasteiger partial charge in [-0.15, -0.1) is 0 Å². The van der Waals surface area contributed by atoms with E-state index < -0.39 is 5.92 Å². The van der Waals surface area contributed by atoms with Crippen LogP contribution in [0.25, 0.3) is 0 Å². The second-order valence-electron chi connectivity index (χ2n) is 2.63. The topological polar surface area (TPSA) is 12.0 Å². The molecule has 0 rings (SSSR count). The van der Waals surface area contributed by atoms with Gasteiger partial charge in [0.15, 0.2) is 0 Å². The van der Waals surface area contributed by atoms with Crippen molar-refractivity contribution in [2.24, 2.45) is 0 Å². The second kappa shape index (κ2) is 4.61. The van der Waals surface area contributed by atoms with Gasteiger partial charge < -0.3 is 5.32 Å². The van der Waals surface area contributed by atoms with E-state index in [0.29, 0.717) is 6.42 Å². The largest absolute Gasteiger partial charge is 0.320 e. The minimum absolute atomic E-state index is 0.00861. The molecule has 0 aromatic rings. The number of halogens is 2. The van der Waals surface area contributed by atoms with Crippen LogP contribution in [0.5, 0.6) is 0 Å². The second-order valence-corrected chi connectivity index (χ2v) is 2.63. The third-order valence-electron chi connectivity index (χ3n) is 1.29. The highest BCUT2D eigenvalue weighted by Gasteiger charge is 2.19. The Hall–Kier alpha value is -0.180. The summed E-state index contributed by atoms with van der Waals surface area (Å²) < 4.78 is 24.3. The van der Waals surface area contributed by atoms with Crippen molar-refractivity contribution >= 4 is 0 Å². The number of hydrogen-bond donors (Lipinski definition) is 1. The summed E-state index contributed by atoms with van der Waals surface area (Å²) in [5, 5.41) is 2.91. The normalized spacial score (nSPS) is 12.0. The fraction of sp³-hybridized carbons (Fsp3) is 1.00. The van der Waals surface area contributed by atoms with Crippen LogP contribution in [0, 0.1) is 0 Å². The molecule has 0 aliphatic carbocycles. The molecule has 62 valence electrons. The fourth-order valence-corrected chi connectivity index (χ4v) is 0.737. The third kappa shape index (κ3) is 7.82. The van der Waals surface area contributed by atoms with Crippen LogP contribution in [0.3, 0.4) is 0 Å². The van der Waals surface area contributed by atoms with Gasteiger partial charge in [0.2, 0.25) is 5.92 Å². The number of hydrogen-bond acceptors (Lipinski definition) is 1. The molecular formula is C7H15F2N. The van der Waals surface area contributed by atoms with Gasteiger partial charge in [0, 0.05) is 6.42 Å². The smallest absolute Gasteiger partial charge is 0.245 e. The zero-order valence-electron chi connectivity index (χ0n) is 6.58. The molecule has 0 radical (unpaired) electrons. The molecular weight excluding hydrogens is 136 g/mol. The number of nitrogens with one attached hydrogen (secondary N) is 1. The first kappa shape index (κ1) is 9.82. The molecule has 0 aromatic carbocycles. The Morgan fingerprint density at radius 1 is 1.30 bits per heavy atom. The summed E-state index contributed by atoms with van der Waals surface area (Å²) in [5.74, 6) is -2.48. The monoisotopic (exact) mass is 151 g/mol. The van der Waals surface area contributed by atoms with Crippen molar-refractivity contribution in [2.45, 2.75) is 32.1 Å². The number of rotatable bonds is 5. The molecule has 1 nitrogen and oxygen atoms in total. The molecule has 3 heteroatoms. The van der Waals surface area contributed by atoms with E-state index in [9.17, 15) is 8.78 Å². The zero-order chi connectivity index (χ0) is 8.04. The Morgan fingerprint density at radius 2 is 1.90 bits per heavy atom. The molecule has 0 bridgehead atoms. The lowest BCUT2D eigenvalue weighted by atomic mass is 10.1. The Labute approximate surface area is 60.8 Å². The highest BCUT2D eigenvalue weighted by atomic mass is 19.3. The van der Waals surface area contributed by atoms with Crippen LogP contribution >= 0.6 is 0 Å². The molecule has 0 heterocycles. The van der Waals surface area contributed by atoms with Gasteiger partial charge in [-0.05, 0) is 33.4 Å². The Kier molecular flexibility index (Phi) is 4.52. The number of unbranched alkanes of at least 4 members (excludes halogenated alkanes) is 1. The van der Waals surface area contributed by atoms with Gasteiger partial charge >= 0.3 is 0 Å². The van der Waals surface area contributed by atoms with Crippen LogP contribution in [-0.2, 0) is 0 Å². The SMILES string of the molecule is CNCCCCC(C)(F)F. The third-order valence-corrected chi connectivity index (χ3v) is 1.29. The van der Waals surface area contributed by atoms with Crippen LogP contribution < -0.4 is 5.32 Å². The van der Waals surface area contributed by atoms with Crippen molar-refractivity contribution in [3.8, 4) is 0 Å². The summed E-state index contributed by atoms with van der Waals surface area (Å²) in [7, 11) is 1.82. The van der Waals surface area contributed by atoms with Crippen molar-refractivity contribution in [2.75, 3.05) is 13.6 Å². The van der Waals surface area contributed by atoms with Crippen molar-refractivity contribution in [3.63, 3.8) is 0 Å². The fourth-order valence-electron chi connectivity index (χ4n) is 0.737. The van der Waals surface area contributed by atoms with E-state index in [4.69, 9.17) is 0 Å². The van der Waals surface area contributed by atoms with E-state index in [-0.39, 0.29) is 6.42 Å². The van der Waals surface area contributed by atoms with E-state index >= 15 is 0 Å². The van der Waals surface area contributed by atoms with Gasteiger partial charge in [0.1, 0.15) is 0 Å². The molecule has 0 aliphatic heterocycles. The highest BCUT2D eigenvalue weighted by molar-refractivity contribution is 4.57. The minimum Gasteiger partial charge on any atom is -0.320 e. The maximum absolute atomic E-state index is 12.1. The molecule has 0 atom stereocenters. The molecule has 0 spiro atoms. The summed E-state index contributed by atoms with van der Waals surface area (Å²) in [4.78, 5) is 0. The predicted octanol–water partition coefficient (Wildman–Crippen LogP) is 2.03. The average Bonchev–Trinajstić information content (AvgIpc) is 1.78. The van der Waals surface area contributed by atoms with Crippen LogP contribution in [0.1, 0.15) is 26.2 Å². The van der Waals surface area contributed by atoms with Gasteiger partial charge in [0.05, 0.1) is 0 Å². The zero-order valence-corrected chi connectivity index (χ0v) is 6.58. The van der Waals surface area contributed by atoms with Gasteiger partial charge in [-0.2, -0.15) is 0 Å². The standard InChI is InChI=1S/C7H15F2N/c1-7(8,9)5-3-4-6-10-2/h10H,3-6H2,1-2H3. The van der Waals surface area contributed by atoms with Crippen molar-refractivity contribution in [1.82, 2.24) is 5.32 Å². The van der Waals surface area contributed by atoms with E-state index in [0.717, 1.165) is 19.9 Å². The van der Waals surface area contributed by atoms with Crippen molar-refractivity contribution in [1.29, 1.82) is 0 Å². The Balaban J connectivity index is 3.04. The first-order chi connectivity index (χ1) is 4.56. The summed E-state index contributed by atoms with van der Waals surface area (Å²) in [5.41, 5.74) is 0. The molecule has 0 aromatic heterocycles. The van der Waals surface area contributed by atoms with Gasteiger partial charge in [-0.25, -0.2) is 8.78 Å². The van der Waals surface area contributed by atoms with E-state index in [2.05, 4.69) is 5.32 Å². The molecule has 1 N–H and O–H groups in total. The van der Waals surface area contributed by atoms with Gasteiger partial charge in [0.25, 0.3) is 0 Å².